The van der Waals surface area contributed by atoms with E-state index < -0.39 is 93.0 Å². The molecule has 55 heavy (non-hydrogen) atoms. The van der Waals surface area contributed by atoms with Gasteiger partial charge in [-0.05, 0) is 35.2 Å². The third-order valence-electron chi connectivity index (χ3n) is 10.3. The van der Waals surface area contributed by atoms with Gasteiger partial charge in [-0.3, -0.25) is 0 Å². The van der Waals surface area contributed by atoms with Crippen LogP contribution in [0.4, 0.5) is 0 Å². The second-order valence-electron chi connectivity index (χ2n) is 13.7. The van der Waals surface area contributed by atoms with E-state index in [2.05, 4.69) is 0 Å². The highest BCUT2D eigenvalue weighted by molar-refractivity contribution is 6.14. The Bertz CT molecular complexity index is 1940. The molecule has 0 aliphatic carbocycles. The molecule has 5 aliphatic rings. The van der Waals surface area contributed by atoms with Crippen molar-refractivity contribution in [3.63, 3.8) is 0 Å². The number of aliphatic hydroxyl groups excluding tert-OH is 6. The summed E-state index contributed by atoms with van der Waals surface area (Å²) < 4.78 is 63.1. The van der Waals surface area contributed by atoms with Crippen LogP contribution < -0.4 is 23.7 Å². The van der Waals surface area contributed by atoms with Crippen LogP contribution >= 0.6 is 0 Å². The van der Waals surface area contributed by atoms with Gasteiger partial charge in [-0.15, -0.1) is 0 Å². The fourth-order valence-corrected chi connectivity index (χ4v) is 7.27. The quantitative estimate of drug-likeness (QED) is 0.118. The van der Waals surface area contributed by atoms with Gasteiger partial charge in [0.25, 0.3) is 0 Å². The molecule has 0 saturated carbocycles. The predicted molar refractivity (Wildman–Crippen MR) is 179 cm³/mol. The molecule has 3 saturated heterocycles. The Kier molecular flexibility index (Phi) is 10.2. The van der Waals surface area contributed by atoms with Crippen molar-refractivity contribution < 1.29 is 92.6 Å². The molecule has 3 fully saturated rings. The zero-order valence-corrected chi connectivity index (χ0v) is 29.4. The summed E-state index contributed by atoms with van der Waals surface area (Å²) in [5, 5.41) is 74.7. The van der Waals surface area contributed by atoms with Crippen molar-refractivity contribution in [2.24, 2.45) is 0 Å². The average Bonchev–Trinajstić information content (AvgIpc) is 3.90. The lowest BCUT2D eigenvalue weighted by molar-refractivity contribution is -0.315. The molecular formula is C36H40O19. The minimum absolute atomic E-state index is 0.0291. The molecule has 0 spiro atoms. The van der Waals surface area contributed by atoms with E-state index in [4.69, 9.17) is 52.1 Å². The van der Waals surface area contributed by atoms with Gasteiger partial charge < -0.3 is 87.9 Å². The Morgan fingerprint density at radius 1 is 0.745 bits per heavy atom. The summed E-state index contributed by atoms with van der Waals surface area (Å²) >= 11 is 0. The maximum absolute atomic E-state index is 13.6. The Labute approximate surface area is 311 Å². The lowest BCUT2D eigenvalue weighted by Crippen LogP contribution is -2.59. The van der Waals surface area contributed by atoms with E-state index in [1.165, 1.54) is 14.2 Å². The first-order chi connectivity index (χ1) is 26.4. The Morgan fingerprint density at radius 2 is 1.40 bits per heavy atom. The molecule has 5 heterocycles. The van der Waals surface area contributed by atoms with Crippen molar-refractivity contribution in [1.29, 1.82) is 0 Å². The summed E-state index contributed by atoms with van der Waals surface area (Å²) in [6.45, 7) is -2.21. The van der Waals surface area contributed by atoms with Crippen molar-refractivity contribution in [2.75, 3.05) is 47.4 Å². The lowest BCUT2D eigenvalue weighted by Gasteiger charge is -2.40. The van der Waals surface area contributed by atoms with Crippen LogP contribution in [0, 0.1) is 0 Å². The first-order valence-corrected chi connectivity index (χ1v) is 17.3. The molecule has 0 radical (unpaired) electrons. The second kappa shape index (κ2) is 14.8. The van der Waals surface area contributed by atoms with Crippen molar-refractivity contribution in [3.05, 3.63) is 41.5 Å². The Balaban J connectivity index is 1.21. The predicted octanol–water partition coefficient (Wildman–Crippen LogP) is -1.33. The molecule has 0 amide bonds. The number of carbonyl (C=O) groups is 1. The monoisotopic (exact) mass is 776 g/mol. The lowest BCUT2D eigenvalue weighted by atomic mass is 9.89. The number of rotatable bonds is 10. The Hall–Kier alpha value is -4.09. The van der Waals surface area contributed by atoms with Gasteiger partial charge in [0.05, 0.1) is 46.2 Å². The molecular weight excluding hydrogens is 736 g/mol. The summed E-state index contributed by atoms with van der Waals surface area (Å²) in [5.74, 6) is 1.05. The molecule has 7 N–H and O–H groups in total. The number of benzene rings is 3. The molecule has 19 heteroatoms. The van der Waals surface area contributed by atoms with Crippen molar-refractivity contribution in [3.8, 4) is 39.9 Å². The maximum atomic E-state index is 13.6. The van der Waals surface area contributed by atoms with Gasteiger partial charge >= 0.3 is 5.97 Å². The van der Waals surface area contributed by atoms with Gasteiger partial charge in [-0.2, -0.15) is 0 Å². The maximum Gasteiger partial charge on any atom is 0.339 e. The SMILES string of the molecule is COc1cc2c(O[C@@H]3OC[C@](O)(CO[C@@H]4OC[C@@H](O)[C@H](O)[C@H]4O)[C@H]3O[C@H]3OC[C@@H](O)[C@@H](O)[C@@H]3O)c3c(c(-c4ccc5c(c4)OCO5)c2cc1OC)C(=O)OC3. The molecule has 19 nitrogen and oxygen atoms in total. The van der Waals surface area contributed by atoms with Gasteiger partial charge in [0.1, 0.15) is 54.6 Å². The minimum Gasteiger partial charge on any atom is -0.493 e. The van der Waals surface area contributed by atoms with E-state index in [0.29, 0.717) is 50.5 Å². The molecule has 3 aromatic carbocycles. The van der Waals surface area contributed by atoms with Crippen LogP contribution in [0.2, 0.25) is 0 Å². The topological polar surface area (TPSA) is 260 Å². The van der Waals surface area contributed by atoms with Crippen LogP contribution in [-0.2, 0) is 35.0 Å². The van der Waals surface area contributed by atoms with Crippen LogP contribution in [0.5, 0.6) is 28.7 Å². The largest absolute Gasteiger partial charge is 0.493 e. The van der Waals surface area contributed by atoms with E-state index >= 15 is 0 Å². The minimum atomic E-state index is -2.16. The number of hydrogen-bond acceptors (Lipinski definition) is 19. The molecule has 0 bridgehead atoms. The second-order valence-corrected chi connectivity index (χ2v) is 13.7. The van der Waals surface area contributed by atoms with Gasteiger partial charge in [-0.25, -0.2) is 4.79 Å². The van der Waals surface area contributed by atoms with E-state index in [1.54, 1.807) is 30.3 Å². The first-order valence-electron chi connectivity index (χ1n) is 17.3. The summed E-state index contributed by atoms with van der Waals surface area (Å²) in [5.41, 5.74) is -0.631. The third kappa shape index (κ3) is 6.58. The zero-order chi connectivity index (χ0) is 38.8. The fourth-order valence-electron chi connectivity index (χ4n) is 7.27. The number of cyclic esters (lactones) is 1. The first kappa shape index (κ1) is 37.8. The summed E-state index contributed by atoms with van der Waals surface area (Å²) in [6.07, 6.45) is -15.8. The van der Waals surface area contributed by atoms with Crippen molar-refractivity contribution in [1.82, 2.24) is 0 Å². The van der Waals surface area contributed by atoms with Crippen LogP contribution in [0.15, 0.2) is 30.3 Å². The average molecular weight is 777 g/mol. The molecule has 0 aromatic heterocycles. The highest BCUT2D eigenvalue weighted by Crippen LogP contribution is 2.50. The van der Waals surface area contributed by atoms with E-state index in [1.807, 2.05) is 0 Å². The molecule has 5 aliphatic heterocycles. The van der Waals surface area contributed by atoms with E-state index in [0.717, 1.165) is 0 Å². The highest BCUT2D eigenvalue weighted by atomic mass is 16.8. The van der Waals surface area contributed by atoms with Crippen molar-refractivity contribution >= 4 is 16.7 Å². The summed E-state index contributed by atoms with van der Waals surface area (Å²) in [6, 6.07) is 8.52. The molecule has 3 aromatic rings. The smallest absolute Gasteiger partial charge is 0.339 e. The van der Waals surface area contributed by atoms with Crippen LogP contribution in [-0.4, -0.2) is 156 Å². The highest BCUT2D eigenvalue weighted by Gasteiger charge is 2.56. The molecule has 0 unspecified atom stereocenters. The third-order valence-corrected chi connectivity index (χ3v) is 10.3. The van der Waals surface area contributed by atoms with Gasteiger partial charge in [0.2, 0.25) is 13.1 Å². The van der Waals surface area contributed by atoms with E-state index in [-0.39, 0.29) is 31.3 Å². The van der Waals surface area contributed by atoms with Crippen LogP contribution in [0.1, 0.15) is 15.9 Å². The number of hydrogen-bond donors (Lipinski definition) is 7. The number of carbonyl (C=O) groups excluding carboxylic acids is 1. The number of methoxy groups -OCH3 is 2. The molecule has 11 atom stereocenters. The normalized spacial score (nSPS) is 34.1. The standard InChI is InChI=1S/C36H40O19/c1-45-21-6-15-16(7-22(21)46-2)30(17-8-47-32(43)25(17)24(15)14-3-4-20-23(5-14)53-13-52-20)54-35-31(55-34-29(42)27(40)19(38)10-49-34)36(44,12-51-35)11-50-33-28(41)26(39)18(37)9-48-33/h3-7,18-19,26-29,31,33-35,37-42,44H,8-13H2,1-2H3/t18-,19-,26+,27-,28-,29+,31+,33+,34-,35+,36-/m1/s1. The van der Waals surface area contributed by atoms with Crippen LogP contribution in [0.25, 0.3) is 21.9 Å². The molecule has 8 rings (SSSR count). The van der Waals surface area contributed by atoms with Crippen molar-refractivity contribution in [2.45, 2.75) is 73.8 Å². The summed E-state index contributed by atoms with van der Waals surface area (Å²) in [4.78, 5) is 13.6. The van der Waals surface area contributed by atoms with E-state index in [9.17, 15) is 40.5 Å². The number of fused-ring (bicyclic) bond motifs is 3. The number of aliphatic hydroxyl groups is 7. The zero-order valence-electron chi connectivity index (χ0n) is 29.4. The fraction of sp³-hybridized carbons (Fsp3) is 0.528. The van der Waals surface area contributed by atoms with Gasteiger partial charge in [0.15, 0.2) is 41.7 Å². The Morgan fingerprint density at radius 3 is 2.11 bits per heavy atom. The number of esters is 1. The molecule has 298 valence electrons. The van der Waals surface area contributed by atoms with Gasteiger partial charge in [0, 0.05) is 16.5 Å². The number of ether oxygens (including phenoxy) is 11. The van der Waals surface area contributed by atoms with Gasteiger partial charge in [-0.1, -0.05) is 6.07 Å². The summed E-state index contributed by atoms with van der Waals surface area (Å²) in [7, 11) is 2.90. The van der Waals surface area contributed by atoms with Crippen LogP contribution in [0.3, 0.4) is 0 Å².